The van der Waals surface area contributed by atoms with E-state index in [1.807, 2.05) is 60.7 Å². The molecule has 2 rings (SSSR count). The average Bonchev–Trinajstić information content (AvgIpc) is 2.73. The summed E-state index contributed by atoms with van der Waals surface area (Å²) in [6, 6.07) is 20.0. The van der Waals surface area contributed by atoms with Crippen molar-refractivity contribution in [3.63, 3.8) is 0 Å². The Morgan fingerprint density at radius 1 is 0.871 bits per heavy atom. The number of hydrogen-bond donors (Lipinski definition) is 0. The van der Waals surface area contributed by atoms with E-state index >= 15 is 0 Å². The van der Waals surface area contributed by atoms with E-state index < -0.39 is 22.4 Å². The summed E-state index contributed by atoms with van der Waals surface area (Å²) in [5, 5.41) is 0. The quantitative estimate of drug-likeness (QED) is 0.304. The van der Waals surface area contributed by atoms with Crippen molar-refractivity contribution in [1.29, 1.82) is 0 Å². The third-order valence-electron chi connectivity index (χ3n) is 4.57. The fraction of sp³-hybridized carbons (Fsp3) is 0.478. The minimum atomic E-state index is -3.46. The third kappa shape index (κ3) is 11.4. The van der Waals surface area contributed by atoms with Crippen LogP contribution >= 0.6 is 0 Å². The van der Waals surface area contributed by atoms with Gasteiger partial charge in [0, 0.05) is 19.6 Å². The second-order valence-corrected chi connectivity index (χ2v) is 9.02. The molecule has 0 aliphatic heterocycles. The number of alkyl halides is 1. The molecule has 0 saturated carbocycles. The summed E-state index contributed by atoms with van der Waals surface area (Å²) in [5.41, 5.74) is 2.26. The molecule has 0 bridgehead atoms. The first kappa shape index (κ1) is 25.4. The maximum absolute atomic E-state index is 14.9. The SMILES string of the molecule is CC(OCCOCCOS(C)(=O)=O)C(F)CN(Cc1ccccc1)Cc1ccccc1. The van der Waals surface area contributed by atoms with Crippen LogP contribution in [0.25, 0.3) is 0 Å². The van der Waals surface area contributed by atoms with Crippen LogP contribution in [0.3, 0.4) is 0 Å². The maximum Gasteiger partial charge on any atom is 0.264 e. The molecule has 0 N–H and O–H groups in total. The highest BCUT2D eigenvalue weighted by Crippen LogP contribution is 2.14. The highest BCUT2D eigenvalue weighted by molar-refractivity contribution is 7.85. The second-order valence-electron chi connectivity index (χ2n) is 7.37. The minimum Gasteiger partial charge on any atom is -0.377 e. The number of nitrogens with zero attached hydrogens (tertiary/aromatic N) is 1. The maximum atomic E-state index is 14.9. The molecule has 0 aromatic heterocycles. The van der Waals surface area contributed by atoms with E-state index in [-0.39, 0.29) is 33.0 Å². The van der Waals surface area contributed by atoms with Crippen LogP contribution in [0, 0.1) is 0 Å². The van der Waals surface area contributed by atoms with Crippen LogP contribution < -0.4 is 0 Å². The van der Waals surface area contributed by atoms with E-state index in [1.54, 1.807) is 6.92 Å². The standard InChI is InChI=1S/C23H32FNO5S/c1-20(29-15-13-28-14-16-30-31(2,26)27)23(24)19-25(17-21-9-5-3-6-10-21)18-22-11-7-4-8-12-22/h3-12,20,23H,13-19H2,1-2H3. The molecule has 0 fully saturated rings. The zero-order valence-electron chi connectivity index (χ0n) is 18.2. The Balaban J connectivity index is 1.78. The van der Waals surface area contributed by atoms with Gasteiger partial charge in [0.1, 0.15) is 6.17 Å². The Kier molecular flexibility index (Phi) is 11.1. The molecular weight excluding hydrogens is 421 g/mol. The van der Waals surface area contributed by atoms with Crippen molar-refractivity contribution in [2.75, 3.05) is 39.2 Å². The molecule has 0 amide bonds. The molecule has 2 aromatic rings. The molecular formula is C23H32FNO5S. The number of halogens is 1. The summed E-state index contributed by atoms with van der Waals surface area (Å²) in [6.07, 6.45) is -0.774. The number of benzene rings is 2. The van der Waals surface area contributed by atoms with Gasteiger partial charge in [-0.2, -0.15) is 8.42 Å². The van der Waals surface area contributed by atoms with Gasteiger partial charge in [0.05, 0.1) is 38.8 Å². The van der Waals surface area contributed by atoms with Gasteiger partial charge in [-0.05, 0) is 18.1 Å². The zero-order valence-corrected chi connectivity index (χ0v) is 19.0. The van der Waals surface area contributed by atoms with Gasteiger partial charge in [-0.1, -0.05) is 60.7 Å². The van der Waals surface area contributed by atoms with Crippen LogP contribution in [0.15, 0.2) is 60.7 Å². The van der Waals surface area contributed by atoms with E-state index in [0.29, 0.717) is 13.1 Å². The molecule has 2 atom stereocenters. The van der Waals surface area contributed by atoms with E-state index in [4.69, 9.17) is 9.47 Å². The molecule has 0 aliphatic carbocycles. The molecule has 0 spiro atoms. The Labute approximate surface area is 185 Å². The third-order valence-corrected chi connectivity index (χ3v) is 5.17. The normalized spacial score (nSPS) is 13.9. The fourth-order valence-corrected chi connectivity index (χ4v) is 3.38. The van der Waals surface area contributed by atoms with Crippen molar-refractivity contribution in [2.45, 2.75) is 32.3 Å². The lowest BCUT2D eigenvalue weighted by Crippen LogP contribution is -2.36. The molecule has 2 aromatic carbocycles. The van der Waals surface area contributed by atoms with Crippen molar-refractivity contribution in [3.05, 3.63) is 71.8 Å². The Morgan fingerprint density at radius 3 is 1.90 bits per heavy atom. The molecule has 0 radical (unpaired) electrons. The lowest BCUT2D eigenvalue weighted by atomic mass is 10.1. The Bertz CT molecular complexity index is 794. The molecule has 6 nitrogen and oxygen atoms in total. The lowest BCUT2D eigenvalue weighted by Gasteiger charge is -2.27. The van der Waals surface area contributed by atoms with Gasteiger partial charge in [-0.25, -0.2) is 4.39 Å². The van der Waals surface area contributed by atoms with E-state index in [9.17, 15) is 12.8 Å². The van der Waals surface area contributed by atoms with Crippen LogP contribution in [0.4, 0.5) is 4.39 Å². The van der Waals surface area contributed by atoms with Crippen LogP contribution in [0.5, 0.6) is 0 Å². The highest BCUT2D eigenvalue weighted by atomic mass is 32.2. The predicted molar refractivity (Wildman–Crippen MR) is 119 cm³/mol. The van der Waals surface area contributed by atoms with E-state index in [0.717, 1.165) is 17.4 Å². The number of hydrogen-bond acceptors (Lipinski definition) is 6. The molecule has 2 unspecified atom stereocenters. The smallest absolute Gasteiger partial charge is 0.264 e. The summed E-state index contributed by atoms with van der Waals surface area (Å²) in [4.78, 5) is 2.08. The van der Waals surface area contributed by atoms with Crippen LogP contribution in [0.2, 0.25) is 0 Å². The lowest BCUT2D eigenvalue weighted by molar-refractivity contribution is -0.0328. The fourth-order valence-electron chi connectivity index (χ4n) is 3.01. The summed E-state index contributed by atoms with van der Waals surface area (Å²) >= 11 is 0. The highest BCUT2D eigenvalue weighted by Gasteiger charge is 2.21. The van der Waals surface area contributed by atoms with E-state index in [1.165, 1.54) is 0 Å². The molecule has 8 heteroatoms. The topological polar surface area (TPSA) is 65.1 Å². The van der Waals surface area contributed by atoms with Gasteiger partial charge in [-0.15, -0.1) is 0 Å². The molecule has 31 heavy (non-hydrogen) atoms. The molecule has 0 saturated heterocycles. The minimum absolute atomic E-state index is 0.0476. The second kappa shape index (κ2) is 13.5. The molecule has 0 aliphatic rings. The first-order valence-corrected chi connectivity index (χ1v) is 12.1. The van der Waals surface area contributed by atoms with Gasteiger partial charge in [0.15, 0.2) is 0 Å². The molecule has 172 valence electrons. The van der Waals surface area contributed by atoms with Crippen molar-refractivity contribution in [3.8, 4) is 0 Å². The van der Waals surface area contributed by atoms with Crippen LogP contribution in [-0.4, -0.2) is 64.8 Å². The monoisotopic (exact) mass is 453 g/mol. The van der Waals surface area contributed by atoms with Crippen molar-refractivity contribution < 1.29 is 26.5 Å². The molecule has 0 heterocycles. The zero-order chi connectivity index (χ0) is 22.5. The summed E-state index contributed by atoms with van der Waals surface area (Å²) in [7, 11) is -3.46. The Morgan fingerprint density at radius 2 is 1.39 bits per heavy atom. The van der Waals surface area contributed by atoms with Crippen molar-refractivity contribution >= 4 is 10.1 Å². The van der Waals surface area contributed by atoms with Crippen molar-refractivity contribution in [1.82, 2.24) is 4.90 Å². The number of ether oxygens (including phenoxy) is 2. The summed E-state index contributed by atoms with van der Waals surface area (Å²) in [6.45, 7) is 3.78. The van der Waals surface area contributed by atoms with Crippen molar-refractivity contribution in [2.24, 2.45) is 0 Å². The van der Waals surface area contributed by atoms with Crippen LogP contribution in [-0.2, 0) is 36.9 Å². The van der Waals surface area contributed by atoms with Gasteiger partial charge in [0.2, 0.25) is 0 Å². The van der Waals surface area contributed by atoms with E-state index in [2.05, 4.69) is 9.08 Å². The average molecular weight is 454 g/mol. The van der Waals surface area contributed by atoms with Gasteiger partial charge in [0.25, 0.3) is 10.1 Å². The first-order valence-electron chi connectivity index (χ1n) is 10.3. The predicted octanol–water partition coefficient (Wildman–Crippen LogP) is 3.42. The summed E-state index contributed by atoms with van der Waals surface area (Å²) < 4.78 is 52.0. The largest absolute Gasteiger partial charge is 0.377 e. The first-order chi connectivity index (χ1) is 14.8. The Hall–Kier alpha value is -1.84. The van der Waals surface area contributed by atoms with Gasteiger partial charge in [-0.3, -0.25) is 9.08 Å². The summed E-state index contributed by atoms with van der Waals surface area (Å²) in [5.74, 6) is 0. The number of rotatable bonds is 15. The van der Waals surface area contributed by atoms with Crippen LogP contribution in [0.1, 0.15) is 18.1 Å². The van der Waals surface area contributed by atoms with Gasteiger partial charge >= 0.3 is 0 Å². The van der Waals surface area contributed by atoms with Gasteiger partial charge < -0.3 is 9.47 Å².